The molecular weight excluding hydrogens is 384 g/mol. The van der Waals surface area contributed by atoms with E-state index in [-0.39, 0.29) is 18.1 Å². The van der Waals surface area contributed by atoms with Gasteiger partial charge in [0.1, 0.15) is 11.3 Å². The first kappa shape index (κ1) is 16.1. The number of benzene rings is 2. The Morgan fingerprint density at radius 2 is 2.04 bits per heavy atom. The number of carbonyl (C=O) groups excluding carboxylic acids is 1. The van der Waals surface area contributed by atoms with E-state index in [1.54, 1.807) is 31.4 Å². The maximum Gasteiger partial charge on any atom is 0.380 e. The monoisotopic (exact) mass is 394 g/mol. The van der Waals surface area contributed by atoms with E-state index in [1.165, 1.54) is 0 Å². The highest BCUT2D eigenvalue weighted by atomic mass is 79.9. The Morgan fingerprint density at radius 3 is 2.78 bits per heavy atom. The number of hydrogen-bond acceptors (Lipinski definition) is 4. The van der Waals surface area contributed by atoms with Crippen LogP contribution in [0.5, 0.6) is 5.75 Å². The summed E-state index contributed by atoms with van der Waals surface area (Å²) in [7, 11) is 1.56. The number of hydrogen-bond donors (Lipinski definition) is 0. The first-order valence-electron chi connectivity index (χ1n) is 6.76. The maximum atomic E-state index is 12.5. The molecule has 0 amide bonds. The largest absolute Gasteiger partial charge is 0.449 e. The molecule has 0 aliphatic rings. The van der Waals surface area contributed by atoms with Crippen LogP contribution in [0.4, 0.5) is 0 Å². The molecule has 0 spiro atoms. The molecule has 0 radical (unpaired) electrons. The van der Waals surface area contributed by atoms with E-state index in [9.17, 15) is 4.79 Å². The molecule has 3 aromatic rings. The van der Waals surface area contributed by atoms with Gasteiger partial charge in [-0.2, -0.15) is 0 Å². The highest BCUT2D eigenvalue weighted by Crippen LogP contribution is 2.31. The average Bonchev–Trinajstić information content (AvgIpc) is 2.90. The molecule has 1 aromatic heterocycles. The number of halogens is 2. The van der Waals surface area contributed by atoms with E-state index in [1.807, 2.05) is 18.2 Å². The lowest BCUT2D eigenvalue weighted by molar-refractivity contribution is 0.0697. The molecule has 0 N–H and O–H groups in total. The summed E-state index contributed by atoms with van der Waals surface area (Å²) in [4.78, 5) is 12.5. The molecule has 2 aromatic carbocycles. The fraction of sp³-hybridized carbons (Fsp3) is 0.118. The van der Waals surface area contributed by atoms with Gasteiger partial charge < -0.3 is 13.9 Å². The van der Waals surface area contributed by atoms with Crippen LogP contribution < -0.4 is 4.74 Å². The third-order valence-corrected chi connectivity index (χ3v) is 4.06. The van der Waals surface area contributed by atoms with E-state index in [0.717, 1.165) is 9.86 Å². The molecule has 0 aliphatic heterocycles. The Morgan fingerprint density at radius 1 is 1.26 bits per heavy atom. The third kappa shape index (κ3) is 3.27. The SMILES string of the molecule is COCc1c(C(=O)Oc2ccc(Br)cc2Cl)oc2ccccc12. The second-order valence-electron chi connectivity index (χ2n) is 4.80. The van der Waals surface area contributed by atoms with E-state index < -0.39 is 5.97 Å². The molecule has 6 heteroatoms. The molecule has 0 saturated heterocycles. The summed E-state index contributed by atoms with van der Waals surface area (Å²) in [6.07, 6.45) is 0. The Kier molecular flexibility index (Phi) is 4.71. The molecule has 0 fully saturated rings. The van der Waals surface area contributed by atoms with Crippen LogP contribution in [0, 0.1) is 0 Å². The number of furan rings is 1. The number of carbonyl (C=O) groups is 1. The lowest BCUT2D eigenvalue weighted by atomic mass is 10.1. The van der Waals surface area contributed by atoms with Crippen molar-refractivity contribution < 1.29 is 18.7 Å². The highest BCUT2D eigenvalue weighted by Gasteiger charge is 2.23. The number of methoxy groups -OCH3 is 1. The van der Waals surface area contributed by atoms with E-state index >= 15 is 0 Å². The van der Waals surface area contributed by atoms with Crippen molar-refractivity contribution in [1.29, 1.82) is 0 Å². The van der Waals surface area contributed by atoms with Crippen molar-refractivity contribution in [2.45, 2.75) is 6.61 Å². The Labute approximate surface area is 146 Å². The van der Waals surface area contributed by atoms with Crippen LogP contribution in [0.1, 0.15) is 16.1 Å². The van der Waals surface area contributed by atoms with Gasteiger partial charge >= 0.3 is 5.97 Å². The zero-order valence-electron chi connectivity index (χ0n) is 12.1. The van der Waals surface area contributed by atoms with Gasteiger partial charge in [0, 0.05) is 22.5 Å². The van der Waals surface area contributed by atoms with E-state index in [0.29, 0.717) is 16.2 Å². The van der Waals surface area contributed by atoms with E-state index in [2.05, 4.69) is 15.9 Å². The van der Waals surface area contributed by atoms with Crippen LogP contribution in [0.2, 0.25) is 5.02 Å². The maximum absolute atomic E-state index is 12.5. The molecule has 0 unspecified atom stereocenters. The molecule has 23 heavy (non-hydrogen) atoms. The number of esters is 1. The minimum Gasteiger partial charge on any atom is -0.449 e. The molecule has 0 aliphatic carbocycles. The molecule has 0 bridgehead atoms. The smallest absolute Gasteiger partial charge is 0.380 e. The molecule has 0 saturated carbocycles. The number of ether oxygens (including phenoxy) is 2. The van der Waals surface area contributed by atoms with Crippen LogP contribution in [-0.4, -0.2) is 13.1 Å². The highest BCUT2D eigenvalue weighted by molar-refractivity contribution is 9.10. The molecular formula is C17H12BrClO4. The number of fused-ring (bicyclic) bond motifs is 1. The first-order valence-corrected chi connectivity index (χ1v) is 7.94. The van der Waals surface area contributed by atoms with Crippen molar-refractivity contribution >= 4 is 44.5 Å². The van der Waals surface area contributed by atoms with Gasteiger partial charge in [-0.15, -0.1) is 0 Å². The second kappa shape index (κ2) is 6.74. The van der Waals surface area contributed by atoms with Crippen LogP contribution in [-0.2, 0) is 11.3 Å². The fourth-order valence-electron chi connectivity index (χ4n) is 2.26. The summed E-state index contributed by atoms with van der Waals surface area (Å²) < 4.78 is 17.0. The molecule has 3 rings (SSSR count). The lowest BCUT2D eigenvalue weighted by Crippen LogP contribution is -2.10. The molecule has 0 atom stereocenters. The molecule has 118 valence electrons. The van der Waals surface area contributed by atoms with Crippen molar-refractivity contribution in [3.63, 3.8) is 0 Å². The first-order chi connectivity index (χ1) is 11.1. The third-order valence-electron chi connectivity index (χ3n) is 3.27. The number of para-hydroxylation sites is 1. The lowest BCUT2D eigenvalue weighted by Gasteiger charge is -2.06. The summed E-state index contributed by atoms with van der Waals surface area (Å²) in [6.45, 7) is 0.246. The standard InChI is InChI=1S/C17H12BrClO4/c1-21-9-12-11-4-2-3-5-14(11)22-16(12)17(20)23-15-7-6-10(18)8-13(15)19/h2-8H,9H2,1H3. The van der Waals surface area contributed by atoms with Gasteiger partial charge in [0.2, 0.25) is 5.76 Å². The fourth-order valence-corrected chi connectivity index (χ4v) is 2.97. The molecule has 4 nitrogen and oxygen atoms in total. The quantitative estimate of drug-likeness (QED) is 0.449. The summed E-state index contributed by atoms with van der Waals surface area (Å²) >= 11 is 9.38. The minimum atomic E-state index is -0.613. The predicted molar refractivity (Wildman–Crippen MR) is 91.0 cm³/mol. The normalized spacial score (nSPS) is 10.9. The Hall–Kier alpha value is -1.82. The van der Waals surface area contributed by atoms with Crippen LogP contribution in [0.25, 0.3) is 11.0 Å². The van der Waals surface area contributed by atoms with Crippen molar-refractivity contribution in [3.8, 4) is 5.75 Å². The minimum absolute atomic E-state index is 0.118. The Balaban J connectivity index is 1.98. The average molecular weight is 396 g/mol. The van der Waals surface area contributed by atoms with Crippen molar-refractivity contribution in [1.82, 2.24) is 0 Å². The van der Waals surface area contributed by atoms with Gasteiger partial charge in [-0.3, -0.25) is 0 Å². The van der Waals surface area contributed by atoms with Gasteiger partial charge in [-0.05, 0) is 24.3 Å². The van der Waals surface area contributed by atoms with Crippen LogP contribution in [0.15, 0.2) is 51.4 Å². The van der Waals surface area contributed by atoms with Gasteiger partial charge in [0.25, 0.3) is 0 Å². The van der Waals surface area contributed by atoms with Gasteiger partial charge in [-0.1, -0.05) is 45.7 Å². The number of rotatable bonds is 4. The van der Waals surface area contributed by atoms with Crippen LogP contribution in [0.3, 0.4) is 0 Å². The summed E-state index contributed by atoms with van der Waals surface area (Å²) in [5, 5.41) is 1.15. The van der Waals surface area contributed by atoms with Crippen molar-refractivity contribution in [3.05, 3.63) is 63.3 Å². The Bertz CT molecular complexity index is 872. The predicted octanol–water partition coefficient (Wildman–Crippen LogP) is 5.21. The van der Waals surface area contributed by atoms with E-state index in [4.69, 9.17) is 25.5 Å². The zero-order valence-corrected chi connectivity index (χ0v) is 14.5. The van der Waals surface area contributed by atoms with Gasteiger partial charge in [0.15, 0.2) is 0 Å². The van der Waals surface area contributed by atoms with Gasteiger partial charge in [-0.25, -0.2) is 4.79 Å². The van der Waals surface area contributed by atoms with Crippen molar-refractivity contribution in [2.24, 2.45) is 0 Å². The molecule has 1 heterocycles. The van der Waals surface area contributed by atoms with Gasteiger partial charge in [0.05, 0.1) is 11.6 Å². The summed E-state index contributed by atoms with van der Waals surface area (Å²) in [5.41, 5.74) is 1.26. The second-order valence-corrected chi connectivity index (χ2v) is 6.13. The summed E-state index contributed by atoms with van der Waals surface area (Å²) in [6, 6.07) is 12.4. The topological polar surface area (TPSA) is 48.7 Å². The zero-order chi connectivity index (χ0) is 16.4. The van der Waals surface area contributed by atoms with Crippen molar-refractivity contribution in [2.75, 3.05) is 7.11 Å². The summed E-state index contributed by atoms with van der Waals surface area (Å²) in [5.74, 6) is -0.229. The van der Waals surface area contributed by atoms with Crippen LogP contribution >= 0.6 is 27.5 Å².